The van der Waals surface area contributed by atoms with Crippen molar-refractivity contribution in [2.45, 2.75) is 142 Å². The van der Waals surface area contributed by atoms with Crippen molar-refractivity contribution in [3.63, 3.8) is 0 Å². The Morgan fingerprint density at radius 3 is 2.21 bits per heavy atom. The molecule has 8 unspecified atom stereocenters. The van der Waals surface area contributed by atoms with Crippen molar-refractivity contribution in [3.05, 3.63) is 0 Å². The van der Waals surface area contributed by atoms with E-state index in [9.17, 15) is 5.11 Å². The van der Waals surface area contributed by atoms with Crippen LogP contribution < -0.4 is 0 Å². The smallest absolute Gasteiger partial charge is 0.192 e. The number of fused-ring (bicyclic) bond motifs is 8. The van der Waals surface area contributed by atoms with Crippen LogP contribution in [0.25, 0.3) is 0 Å². The van der Waals surface area contributed by atoms with Crippen molar-refractivity contribution < 1.29 is 19.0 Å². The van der Waals surface area contributed by atoms with Crippen LogP contribution in [0, 0.1) is 34.5 Å². The van der Waals surface area contributed by atoms with Crippen molar-refractivity contribution in [1.82, 2.24) is 0 Å². The number of hydrogen-bond acceptors (Lipinski definition) is 4. The Morgan fingerprint density at radius 1 is 0.879 bits per heavy atom. The second kappa shape index (κ2) is 7.54. The number of rotatable bonds is 2. The zero-order chi connectivity index (χ0) is 24.2. The second-order valence-corrected chi connectivity index (χ2v) is 19.5. The van der Waals surface area contributed by atoms with E-state index in [2.05, 4.69) is 61.6 Å². The van der Waals surface area contributed by atoms with E-state index in [1.165, 1.54) is 25.7 Å². The van der Waals surface area contributed by atoms with Gasteiger partial charge in [0.15, 0.2) is 14.1 Å². The highest BCUT2D eigenvalue weighted by molar-refractivity contribution is 6.74. The van der Waals surface area contributed by atoms with Gasteiger partial charge >= 0.3 is 0 Å². The molecule has 0 aromatic heterocycles. The number of hydrogen-bond donors (Lipinski definition) is 1. The molecule has 4 saturated carbocycles. The molecule has 1 N–H and O–H groups in total. The van der Waals surface area contributed by atoms with Crippen LogP contribution >= 0.6 is 0 Å². The van der Waals surface area contributed by atoms with Gasteiger partial charge in [-0.3, -0.25) is 0 Å². The highest BCUT2D eigenvalue weighted by Crippen LogP contribution is 2.69. The Kier molecular flexibility index (Phi) is 5.65. The van der Waals surface area contributed by atoms with Crippen LogP contribution in [0.4, 0.5) is 0 Å². The van der Waals surface area contributed by atoms with Crippen LogP contribution in [0.3, 0.4) is 0 Å². The van der Waals surface area contributed by atoms with Gasteiger partial charge in [0, 0.05) is 5.41 Å². The zero-order valence-electron chi connectivity index (χ0n) is 22.7. The van der Waals surface area contributed by atoms with E-state index < -0.39 is 14.1 Å². The third-order valence-electron chi connectivity index (χ3n) is 11.7. The van der Waals surface area contributed by atoms with E-state index in [-0.39, 0.29) is 40.3 Å². The summed E-state index contributed by atoms with van der Waals surface area (Å²) in [6.45, 7) is 20.8. The Morgan fingerprint density at radius 2 is 1.55 bits per heavy atom. The molecular weight excluding hydrogens is 428 g/mol. The van der Waals surface area contributed by atoms with Crippen LogP contribution in [-0.4, -0.2) is 43.6 Å². The normalized spacial score (nSPS) is 51.5. The first kappa shape index (κ1) is 24.7. The molecule has 5 heteroatoms. The predicted octanol–water partition coefficient (Wildman–Crippen LogP) is 6.52. The molecule has 10 atom stereocenters. The maximum absolute atomic E-state index is 11.9. The molecule has 0 spiro atoms. The molecule has 1 heterocycles. The van der Waals surface area contributed by atoms with Crippen molar-refractivity contribution in [1.29, 1.82) is 0 Å². The highest BCUT2D eigenvalue weighted by atomic mass is 28.4. The minimum absolute atomic E-state index is 0.144. The first-order valence-corrected chi connectivity index (χ1v) is 16.7. The third-order valence-corrected chi connectivity index (χ3v) is 16.2. The fourth-order valence-corrected chi connectivity index (χ4v) is 10.3. The maximum Gasteiger partial charge on any atom is 0.192 e. The van der Waals surface area contributed by atoms with Crippen LogP contribution in [0.1, 0.15) is 93.4 Å². The van der Waals surface area contributed by atoms with Crippen molar-refractivity contribution in [2.24, 2.45) is 34.5 Å². The molecular formula is C28H50O4Si. The second-order valence-electron chi connectivity index (χ2n) is 14.8. The van der Waals surface area contributed by atoms with Gasteiger partial charge in [0.1, 0.15) is 0 Å². The van der Waals surface area contributed by atoms with Crippen LogP contribution in [0.15, 0.2) is 0 Å². The highest BCUT2D eigenvalue weighted by Gasteiger charge is 2.70. The zero-order valence-corrected chi connectivity index (χ0v) is 23.7. The van der Waals surface area contributed by atoms with Gasteiger partial charge in [-0.15, -0.1) is 0 Å². The minimum Gasteiger partial charge on any atom is -0.413 e. The molecule has 5 fully saturated rings. The molecule has 0 bridgehead atoms. The van der Waals surface area contributed by atoms with Gasteiger partial charge in [0.2, 0.25) is 0 Å². The first-order chi connectivity index (χ1) is 15.1. The van der Waals surface area contributed by atoms with Gasteiger partial charge < -0.3 is 19.0 Å². The topological polar surface area (TPSA) is 47.9 Å². The van der Waals surface area contributed by atoms with Crippen LogP contribution in [0.2, 0.25) is 18.1 Å². The largest absolute Gasteiger partial charge is 0.413 e. The Labute approximate surface area is 203 Å². The van der Waals surface area contributed by atoms with Gasteiger partial charge in [-0.2, -0.15) is 0 Å². The van der Waals surface area contributed by atoms with Gasteiger partial charge in [-0.05, 0) is 93.2 Å². The predicted molar refractivity (Wildman–Crippen MR) is 134 cm³/mol. The molecule has 190 valence electrons. The molecule has 4 aliphatic carbocycles. The molecule has 0 aromatic carbocycles. The van der Waals surface area contributed by atoms with Gasteiger partial charge in [-0.25, -0.2) is 0 Å². The summed E-state index contributed by atoms with van der Waals surface area (Å²) in [6.07, 6.45) is 8.44. The lowest BCUT2D eigenvalue weighted by molar-refractivity contribution is -0.214. The van der Waals surface area contributed by atoms with Gasteiger partial charge in [-0.1, -0.05) is 47.5 Å². The van der Waals surface area contributed by atoms with Crippen molar-refractivity contribution in [2.75, 3.05) is 0 Å². The SMILES string of the molecule is CC1(C)OC2C(O1)C1CCCC[C@]1(C)C1CC(O)[C@]3(C)C(O[Si](C)(C)C(C)(C)C)CCC3C21. The monoisotopic (exact) mass is 478 g/mol. The average Bonchev–Trinajstić information content (AvgIpc) is 3.18. The lowest BCUT2D eigenvalue weighted by Crippen LogP contribution is -2.66. The summed E-state index contributed by atoms with van der Waals surface area (Å²) < 4.78 is 20.5. The first-order valence-electron chi connectivity index (χ1n) is 13.8. The average molecular weight is 479 g/mol. The molecule has 0 radical (unpaired) electrons. The summed E-state index contributed by atoms with van der Waals surface area (Å²) in [5.74, 6) is 1.45. The molecule has 5 aliphatic rings. The van der Waals surface area contributed by atoms with E-state index >= 15 is 0 Å². The number of aliphatic hydroxyl groups excluding tert-OH is 1. The van der Waals surface area contributed by atoms with E-state index in [0.717, 1.165) is 19.3 Å². The Hall–Kier alpha value is 0.0569. The molecule has 33 heavy (non-hydrogen) atoms. The molecule has 0 amide bonds. The van der Waals surface area contributed by atoms with E-state index in [1.54, 1.807) is 0 Å². The lowest BCUT2D eigenvalue weighted by Gasteiger charge is -2.64. The van der Waals surface area contributed by atoms with E-state index in [1.807, 2.05) is 0 Å². The van der Waals surface area contributed by atoms with E-state index in [4.69, 9.17) is 13.9 Å². The fourth-order valence-electron chi connectivity index (χ4n) is 8.89. The minimum atomic E-state index is -1.93. The van der Waals surface area contributed by atoms with Crippen molar-refractivity contribution >= 4 is 8.32 Å². The molecule has 1 aliphatic heterocycles. The number of ether oxygens (including phenoxy) is 2. The summed E-state index contributed by atoms with van der Waals surface area (Å²) in [4.78, 5) is 0. The number of aliphatic hydroxyl groups is 1. The molecule has 0 aromatic rings. The Balaban J connectivity index is 1.52. The molecule has 1 saturated heterocycles. The maximum atomic E-state index is 11.9. The Bertz CT molecular complexity index is 774. The summed E-state index contributed by atoms with van der Waals surface area (Å²) in [7, 11) is -1.93. The summed E-state index contributed by atoms with van der Waals surface area (Å²) in [6, 6.07) is 0. The summed E-state index contributed by atoms with van der Waals surface area (Å²) in [5.41, 5.74) is 0.0454. The summed E-state index contributed by atoms with van der Waals surface area (Å²) >= 11 is 0. The third kappa shape index (κ3) is 3.49. The fraction of sp³-hybridized carbons (Fsp3) is 1.00. The molecule has 4 nitrogen and oxygen atoms in total. The van der Waals surface area contributed by atoms with Crippen LogP contribution in [-0.2, 0) is 13.9 Å². The van der Waals surface area contributed by atoms with Gasteiger partial charge in [0.05, 0.1) is 24.4 Å². The van der Waals surface area contributed by atoms with Gasteiger partial charge in [0.25, 0.3) is 0 Å². The quantitative estimate of drug-likeness (QED) is 0.459. The van der Waals surface area contributed by atoms with Crippen molar-refractivity contribution in [3.8, 4) is 0 Å². The standard InChI is InChI=1S/C28H50O4Si/c1-25(2,3)33(8,9)32-21-14-13-17-22-19(16-20(29)28(17,21)7)27(6)15-11-10-12-18(27)23-24(22)31-26(4,5)30-23/h17-24,29H,10-16H2,1-9H3/t17?,18?,19?,20?,21?,22?,23?,24?,27-,28+/m0/s1. The molecule has 5 rings (SSSR count). The van der Waals surface area contributed by atoms with Crippen LogP contribution in [0.5, 0.6) is 0 Å². The lowest BCUT2D eigenvalue weighted by atomic mass is 9.43. The summed E-state index contributed by atoms with van der Waals surface area (Å²) in [5, 5.41) is 12.0. The van der Waals surface area contributed by atoms with E-state index in [0.29, 0.717) is 23.7 Å².